The molecule has 1 saturated heterocycles. The molecule has 0 aromatic heterocycles. The number of esters is 1. The Morgan fingerprint density at radius 2 is 1.93 bits per heavy atom. The topological polar surface area (TPSA) is 111 Å². The highest BCUT2D eigenvalue weighted by molar-refractivity contribution is 7.92. The third-order valence-electron chi connectivity index (χ3n) is 4.36. The Kier molecular flexibility index (Phi) is 7.01. The summed E-state index contributed by atoms with van der Waals surface area (Å²) >= 11 is 0. The van der Waals surface area contributed by atoms with Crippen LogP contribution in [0.5, 0.6) is 0 Å². The average Bonchev–Trinajstić information content (AvgIpc) is 3.26. The lowest BCUT2D eigenvalue weighted by Gasteiger charge is -2.11. The maximum Gasteiger partial charge on any atom is 0.338 e. The number of carbonyl (C=O) groups excluding carboxylic acids is 2. The lowest BCUT2D eigenvalue weighted by atomic mass is 10.2. The van der Waals surface area contributed by atoms with E-state index in [1.807, 2.05) is 0 Å². The van der Waals surface area contributed by atoms with Crippen molar-refractivity contribution in [1.82, 2.24) is 5.32 Å². The second-order valence-corrected chi connectivity index (χ2v) is 8.34. The molecular formula is C20H21FN2O6S. The van der Waals surface area contributed by atoms with Gasteiger partial charge in [-0.25, -0.2) is 17.6 Å². The van der Waals surface area contributed by atoms with Crippen LogP contribution in [-0.2, 0) is 24.3 Å². The van der Waals surface area contributed by atoms with Gasteiger partial charge in [0, 0.05) is 18.8 Å². The molecule has 0 radical (unpaired) electrons. The van der Waals surface area contributed by atoms with Crippen molar-refractivity contribution in [3.63, 3.8) is 0 Å². The average molecular weight is 436 g/mol. The number of carbonyl (C=O) groups is 2. The van der Waals surface area contributed by atoms with Gasteiger partial charge >= 0.3 is 5.97 Å². The van der Waals surface area contributed by atoms with Crippen LogP contribution < -0.4 is 10.0 Å². The molecule has 8 nitrogen and oxygen atoms in total. The lowest BCUT2D eigenvalue weighted by Crippen LogP contribution is -2.34. The van der Waals surface area contributed by atoms with Crippen molar-refractivity contribution in [1.29, 1.82) is 0 Å². The Morgan fingerprint density at radius 1 is 1.17 bits per heavy atom. The maximum atomic E-state index is 13.0. The first-order valence-electron chi connectivity index (χ1n) is 9.27. The zero-order valence-electron chi connectivity index (χ0n) is 16.0. The fourth-order valence-corrected chi connectivity index (χ4v) is 3.92. The number of rotatable bonds is 8. The summed E-state index contributed by atoms with van der Waals surface area (Å²) in [6.45, 7) is 0.528. The van der Waals surface area contributed by atoms with Crippen LogP contribution in [0.15, 0.2) is 53.4 Å². The van der Waals surface area contributed by atoms with Crippen LogP contribution in [-0.4, -0.2) is 46.2 Å². The molecule has 1 aliphatic heterocycles. The molecule has 10 heteroatoms. The molecule has 30 heavy (non-hydrogen) atoms. The van der Waals surface area contributed by atoms with Crippen molar-refractivity contribution >= 4 is 27.6 Å². The van der Waals surface area contributed by atoms with Gasteiger partial charge in [0.05, 0.1) is 16.6 Å². The molecule has 1 atom stereocenters. The monoisotopic (exact) mass is 436 g/mol. The fraction of sp³-hybridized carbons (Fsp3) is 0.300. The minimum absolute atomic E-state index is 0.0242. The number of sulfonamides is 1. The number of amides is 1. The van der Waals surface area contributed by atoms with E-state index in [1.54, 1.807) is 0 Å². The Balaban J connectivity index is 1.57. The molecule has 2 aromatic rings. The first-order chi connectivity index (χ1) is 14.3. The molecule has 160 valence electrons. The molecule has 1 heterocycles. The quantitative estimate of drug-likeness (QED) is 0.613. The number of hydrogen-bond acceptors (Lipinski definition) is 6. The van der Waals surface area contributed by atoms with E-state index in [1.165, 1.54) is 30.3 Å². The molecule has 0 saturated carbocycles. The molecule has 0 spiro atoms. The van der Waals surface area contributed by atoms with Crippen LogP contribution in [0.1, 0.15) is 23.2 Å². The second kappa shape index (κ2) is 9.68. The van der Waals surface area contributed by atoms with E-state index in [9.17, 15) is 22.4 Å². The highest BCUT2D eigenvalue weighted by Crippen LogP contribution is 2.18. The molecule has 1 aliphatic rings. The van der Waals surface area contributed by atoms with E-state index < -0.39 is 34.3 Å². The predicted octanol–water partition coefficient (Wildman–Crippen LogP) is 2.08. The Hall–Kier alpha value is -2.98. The standard InChI is InChI=1S/C20H21FN2O6S/c21-15-6-8-16(9-7-15)23-30(26,27)18-5-1-3-14(11-18)20(25)29-13-19(24)22-12-17-4-2-10-28-17/h1,3,5-9,11,17,23H,2,4,10,12-13H2,(H,22,24). The van der Waals surface area contributed by atoms with Crippen LogP contribution in [0.2, 0.25) is 0 Å². The third kappa shape index (κ3) is 6.01. The van der Waals surface area contributed by atoms with Crippen molar-refractivity contribution in [3.05, 3.63) is 59.9 Å². The van der Waals surface area contributed by atoms with E-state index >= 15 is 0 Å². The molecule has 2 N–H and O–H groups in total. The summed E-state index contributed by atoms with van der Waals surface area (Å²) in [6, 6.07) is 10.00. The normalized spacial score (nSPS) is 16.1. The molecule has 3 rings (SSSR count). The van der Waals surface area contributed by atoms with Crippen molar-refractivity contribution in [2.45, 2.75) is 23.8 Å². The van der Waals surface area contributed by atoms with Crippen LogP contribution in [0, 0.1) is 5.82 Å². The van der Waals surface area contributed by atoms with Gasteiger partial charge in [-0.05, 0) is 55.3 Å². The largest absolute Gasteiger partial charge is 0.452 e. The zero-order valence-corrected chi connectivity index (χ0v) is 16.8. The zero-order chi connectivity index (χ0) is 21.6. The van der Waals surface area contributed by atoms with Gasteiger partial charge in [-0.15, -0.1) is 0 Å². The minimum atomic E-state index is -4.00. The van der Waals surface area contributed by atoms with Gasteiger partial charge in [-0.1, -0.05) is 6.07 Å². The number of nitrogens with one attached hydrogen (secondary N) is 2. The van der Waals surface area contributed by atoms with Crippen molar-refractivity contribution in [3.8, 4) is 0 Å². The van der Waals surface area contributed by atoms with Gasteiger partial charge in [-0.3, -0.25) is 9.52 Å². The summed E-state index contributed by atoms with van der Waals surface area (Å²) in [5, 5.41) is 2.62. The predicted molar refractivity (Wildman–Crippen MR) is 106 cm³/mol. The smallest absolute Gasteiger partial charge is 0.338 e. The minimum Gasteiger partial charge on any atom is -0.452 e. The van der Waals surface area contributed by atoms with E-state index in [4.69, 9.17) is 9.47 Å². The van der Waals surface area contributed by atoms with E-state index in [-0.39, 0.29) is 22.3 Å². The van der Waals surface area contributed by atoms with E-state index in [0.717, 1.165) is 31.0 Å². The van der Waals surface area contributed by atoms with Gasteiger partial charge in [-0.2, -0.15) is 0 Å². The number of ether oxygens (including phenoxy) is 2. The summed E-state index contributed by atoms with van der Waals surface area (Å²) in [5.74, 6) is -1.80. The first-order valence-corrected chi connectivity index (χ1v) is 10.8. The van der Waals surface area contributed by atoms with Gasteiger partial charge in [0.1, 0.15) is 5.82 Å². The highest BCUT2D eigenvalue weighted by Gasteiger charge is 2.19. The molecular weight excluding hydrogens is 415 g/mol. The molecule has 1 unspecified atom stereocenters. The molecule has 2 aromatic carbocycles. The Labute approximate surface area is 173 Å². The molecule has 0 aliphatic carbocycles. The second-order valence-electron chi connectivity index (χ2n) is 6.66. The summed E-state index contributed by atoms with van der Waals surface area (Å²) in [6.07, 6.45) is 1.79. The SMILES string of the molecule is O=C(COC(=O)c1cccc(S(=O)(=O)Nc2ccc(F)cc2)c1)NCC1CCCO1. The summed E-state index contributed by atoms with van der Waals surface area (Å²) in [4.78, 5) is 23.8. The number of halogens is 1. The van der Waals surface area contributed by atoms with Crippen molar-refractivity contribution in [2.75, 3.05) is 24.5 Å². The highest BCUT2D eigenvalue weighted by atomic mass is 32.2. The number of hydrogen-bond donors (Lipinski definition) is 2. The van der Waals surface area contributed by atoms with Crippen molar-refractivity contribution in [2.24, 2.45) is 0 Å². The molecule has 0 bridgehead atoms. The van der Waals surface area contributed by atoms with Gasteiger partial charge in [0.25, 0.3) is 15.9 Å². The van der Waals surface area contributed by atoms with Gasteiger partial charge < -0.3 is 14.8 Å². The van der Waals surface area contributed by atoms with Gasteiger partial charge in [0.15, 0.2) is 6.61 Å². The fourth-order valence-electron chi connectivity index (χ4n) is 2.82. The van der Waals surface area contributed by atoms with Crippen LogP contribution in [0.3, 0.4) is 0 Å². The summed E-state index contributed by atoms with van der Waals surface area (Å²) in [5.41, 5.74) is 0.149. The summed E-state index contributed by atoms with van der Waals surface area (Å²) in [7, 11) is -4.00. The Bertz CT molecular complexity index is 1000. The van der Waals surface area contributed by atoms with Crippen molar-refractivity contribution < 1.29 is 31.9 Å². The molecule has 1 fully saturated rings. The molecule has 1 amide bonds. The van der Waals surface area contributed by atoms with Crippen LogP contribution >= 0.6 is 0 Å². The summed E-state index contributed by atoms with van der Waals surface area (Å²) < 4.78 is 50.6. The number of anilines is 1. The van der Waals surface area contributed by atoms with Crippen LogP contribution in [0.4, 0.5) is 10.1 Å². The van der Waals surface area contributed by atoms with Gasteiger partial charge in [0.2, 0.25) is 0 Å². The Morgan fingerprint density at radius 3 is 2.63 bits per heavy atom. The third-order valence-corrected chi connectivity index (χ3v) is 5.74. The maximum absolute atomic E-state index is 13.0. The first kappa shape index (κ1) is 21.7. The number of benzene rings is 2. The lowest BCUT2D eigenvalue weighted by molar-refractivity contribution is -0.124. The van der Waals surface area contributed by atoms with E-state index in [2.05, 4.69) is 10.0 Å². The van der Waals surface area contributed by atoms with E-state index in [0.29, 0.717) is 13.2 Å². The van der Waals surface area contributed by atoms with Crippen LogP contribution in [0.25, 0.3) is 0 Å².